The van der Waals surface area contributed by atoms with Crippen LogP contribution in [0.15, 0.2) is 54.9 Å². The van der Waals surface area contributed by atoms with E-state index in [1.54, 1.807) is 17.0 Å². The largest absolute Gasteiger partial charge is 0.326 e. The van der Waals surface area contributed by atoms with Crippen molar-refractivity contribution < 1.29 is 9.59 Å². The highest BCUT2D eigenvalue weighted by molar-refractivity contribution is 6.03. The second-order valence-electron chi connectivity index (χ2n) is 7.56. The number of hydrogen-bond acceptors (Lipinski definition) is 5. The summed E-state index contributed by atoms with van der Waals surface area (Å²) in [6.07, 6.45) is 2.70. The van der Waals surface area contributed by atoms with E-state index >= 15 is 0 Å². The van der Waals surface area contributed by atoms with Crippen molar-refractivity contribution in [3.05, 3.63) is 60.4 Å². The molecule has 154 valence electrons. The highest BCUT2D eigenvalue weighted by Crippen LogP contribution is 2.33. The minimum absolute atomic E-state index is 0.0140. The van der Waals surface area contributed by atoms with Gasteiger partial charge in [0, 0.05) is 24.3 Å². The summed E-state index contributed by atoms with van der Waals surface area (Å²) >= 11 is 0. The predicted octanol–water partition coefficient (Wildman–Crippen LogP) is 3.17. The van der Waals surface area contributed by atoms with Gasteiger partial charge < -0.3 is 10.2 Å². The van der Waals surface area contributed by atoms with Gasteiger partial charge >= 0.3 is 0 Å². The minimum Gasteiger partial charge on any atom is -0.326 e. The van der Waals surface area contributed by atoms with Crippen molar-refractivity contribution in [1.29, 1.82) is 0 Å². The van der Waals surface area contributed by atoms with Crippen molar-refractivity contribution in [3.8, 4) is 5.69 Å². The zero-order valence-corrected chi connectivity index (χ0v) is 17.0. The van der Waals surface area contributed by atoms with Gasteiger partial charge in [0.15, 0.2) is 0 Å². The van der Waals surface area contributed by atoms with Crippen molar-refractivity contribution in [2.45, 2.75) is 32.6 Å². The molecule has 1 saturated heterocycles. The molecule has 1 aromatic heterocycles. The average molecular weight is 404 g/mol. The topological polar surface area (TPSA) is 93.0 Å². The molecule has 1 fully saturated rings. The Labute approximate surface area is 174 Å². The molecule has 8 heteroatoms. The average Bonchev–Trinajstić information content (AvgIpc) is 3.44. The second kappa shape index (κ2) is 8.44. The van der Waals surface area contributed by atoms with E-state index in [0.717, 1.165) is 23.4 Å². The molecule has 2 aromatic carbocycles. The van der Waals surface area contributed by atoms with Crippen LogP contribution in [0, 0.1) is 5.92 Å². The van der Waals surface area contributed by atoms with Crippen LogP contribution in [-0.4, -0.2) is 38.6 Å². The quantitative estimate of drug-likeness (QED) is 0.681. The summed E-state index contributed by atoms with van der Waals surface area (Å²) in [5.74, 6) is -0.204. The fourth-order valence-corrected chi connectivity index (χ4v) is 3.71. The lowest BCUT2D eigenvalue weighted by Gasteiger charge is -2.23. The Morgan fingerprint density at radius 3 is 2.67 bits per heavy atom. The number of amides is 2. The Kier molecular flexibility index (Phi) is 5.56. The van der Waals surface area contributed by atoms with Crippen molar-refractivity contribution in [2.24, 2.45) is 5.92 Å². The molecule has 1 aliphatic heterocycles. The number of carbonyl (C=O) groups is 2. The first-order chi connectivity index (χ1) is 14.6. The van der Waals surface area contributed by atoms with Gasteiger partial charge in [-0.2, -0.15) is 0 Å². The number of hydrogen-bond donors (Lipinski definition) is 1. The lowest BCUT2D eigenvalue weighted by molar-refractivity contribution is -0.122. The maximum atomic E-state index is 12.8. The zero-order valence-electron chi connectivity index (χ0n) is 17.0. The molecule has 0 aliphatic carbocycles. The van der Waals surface area contributed by atoms with Gasteiger partial charge in [-0.25, -0.2) is 4.68 Å². The summed E-state index contributed by atoms with van der Waals surface area (Å²) in [5.41, 5.74) is 3.52. The Morgan fingerprint density at radius 1 is 1.20 bits per heavy atom. The van der Waals surface area contributed by atoms with E-state index in [2.05, 4.69) is 40.8 Å². The van der Waals surface area contributed by atoms with E-state index in [1.165, 1.54) is 11.0 Å². The second-order valence-corrected chi connectivity index (χ2v) is 7.56. The number of carbonyl (C=O) groups excluding carboxylic acids is 2. The zero-order chi connectivity index (χ0) is 21.1. The van der Waals surface area contributed by atoms with Gasteiger partial charge in [0.05, 0.1) is 11.6 Å². The summed E-state index contributed by atoms with van der Waals surface area (Å²) < 4.78 is 1.54. The lowest BCUT2D eigenvalue weighted by Crippen LogP contribution is -2.29. The first kappa shape index (κ1) is 19.8. The van der Waals surface area contributed by atoms with Crippen molar-refractivity contribution in [2.75, 3.05) is 16.8 Å². The van der Waals surface area contributed by atoms with Crippen LogP contribution in [-0.2, 0) is 9.59 Å². The summed E-state index contributed by atoms with van der Waals surface area (Å²) in [7, 11) is 0. The molecule has 3 aromatic rings. The molecule has 2 amide bonds. The predicted molar refractivity (Wildman–Crippen MR) is 113 cm³/mol. The number of benzene rings is 2. The van der Waals surface area contributed by atoms with E-state index in [0.29, 0.717) is 18.2 Å². The SMILES string of the molecule is CC[C@H](C)c1ccccc1N1C[C@H](C(=O)Nc2ccc(-n3cnnn3)cc2)CC1=O. The molecular weight excluding hydrogens is 380 g/mol. The van der Waals surface area contributed by atoms with Gasteiger partial charge in [0.1, 0.15) is 6.33 Å². The van der Waals surface area contributed by atoms with E-state index in [-0.39, 0.29) is 24.2 Å². The molecule has 0 bridgehead atoms. The lowest BCUT2D eigenvalue weighted by atomic mass is 9.96. The molecule has 2 atom stereocenters. The third-order valence-corrected chi connectivity index (χ3v) is 5.62. The molecule has 0 saturated carbocycles. The first-order valence-corrected chi connectivity index (χ1v) is 10.1. The third-order valence-electron chi connectivity index (χ3n) is 5.62. The Hall–Kier alpha value is -3.55. The van der Waals surface area contributed by atoms with Crippen LogP contribution >= 0.6 is 0 Å². The maximum absolute atomic E-state index is 12.8. The first-order valence-electron chi connectivity index (χ1n) is 10.1. The number of tetrazole rings is 1. The molecule has 30 heavy (non-hydrogen) atoms. The van der Waals surface area contributed by atoms with Crippen LogP contribution in [0.2, 0.25) is 0 Å². The molecule has 8 nitrogen and oxygen atoms in total. The molecule has 0 radical (unpaired) electrons. The van der Waals surface area contributed by atoms with Gasteiger partial charge in [-0.15, -0.1) is 5.10 Å². The number of nitrogens with zero attached hydrogens (tertiary/aromatic N) is 5. The van der Waals surface area contributed by atoms with Gasteiger partial charge in [0.25, 0.3) is 0 Å². The van der Waals surface area contributed by atoms with Crippen LogP contribution in [0.4, 0.5) is 11.4 Å². The van der Waals surface area contributed by atoms with E-state index in [1.807, 2.05) is 30.3 Å². The third kappa shape index (κ3) is 3.94. The number of nitrogens with one attached hydrogen (secondary N) is 1. The van der Waals surface area contributed by atoms with Crippen LogP contribution < -0.4 is 10.2 Å². The maximum Gasteiger partial charge on any atom is 0.229 e. The van der Waals surface area contributed by atoms with E-state index < -0.39 is 0 Å². The van der Waals surface area contributed by atoms with Crippen LogP contribution in [0.5, 0.6) is 0 Å². The molecule has 0 spiro atoms. The molecular formula is C22H24N6O2. The number of aromatic nitrogens is 4. The number of anilines is 2. The summed E-state index contributed by atoms with van der Waals surface area (Å²) in [6, 6.07) is 15.2. The molecule has 2 heterocycles. The highest BCUT2D eigenvalue weighted by Gasteiger charge is 2.36. The Morgan fingerprint density at radius 2 is 1.97 bits per heavy atom. The Balaban J connectivity index is 1.45. The highest BCUT2D eigenvalue weighted by atomic mass is 16.2. The number of para-hydroxylation sites is 1. The summed E-state index contributed by atoms with van der Waals surface area (Å²) in [5, 5.41) is 14.0. The monoisotopic (exact) mass is 404 g/mol. The Bertz CT molecular complexity index is 1030. The standard InChI is InChI=1S/C22H24N6O2/c1-3-15(2)19-6-4-5-7-20(19)27-13-16(12-21(27)29)22(30)24-17-8-10-18(11-9-17)28-14-23-25-26-28/h4-11,14-16H,3,12-13H2,1-2H3,(H,24,30)/t15-,16+/m0/s1. The van der Waals surface area contributed by atoms with E-state index in [9.17, 15) is 9.59 Å². The van der Waals surface area contributed by atoms with Crippen molar-refractivity contribution >= 4 is 23.2 Å². The molecule has 1 aliphatic rings. The molecule has 1 N–H and O–H groups in total. The fourth-order valence-electron chi connectivity index (χ4n) is 3.71. The minimum atomic E-state index is -0.387. The van der Waals surface area contributed by atoms with Crippen LogP contribution in [0.25, 0.3) is 5.69 Å². The van der Waals surface area contributed by atoms with Gasteiger partial charge in [0.2, 0.25) is 11.8 Å². The van der Waals surface area contributed by atoms with Crippen LogP contribution in [0.1, 0.15) is 38.2 Å². The van der Waals surface area contributed by atoms with Gasteiger partial charge in [-0.3, -0.25) is 9.59 Å². The van der Waals surface area contributed by atoms with Crippen LogP contribution in [0.3, 0.4) is 0 Å². The van der Waals surface area contributed by atoms with Crippen molar-refractivity contribution in [1.82, 2.24) is 20.2 Å². The van der Waals surface area contributed by atoms with Crippen molar-refractivity contribution in [3.63, 3.8) is 0 Å². The fraction of sp³-hybridized carbons (Fsp3) is 0.318. The molecule has 0 unspecified atom stereocenters. The number of rotatable bonds is 6. The summed E-state index contributed by atoms with van der Waals surface area (Å²) in [6.45, 7) is 4.68. The smallest absolute Gasteiger partial charge is 0.229 e. The van der Waals surface area contributed by atoms with E-state index in [4.69, 9.17) is 0 Å². The van der Waals surface area contributed by atoms with Gasteiger partial charge in [-0.05, 0) is 58.7 Å². The normalized spacial score (nSPS) is 17.2. The van der Waals surface area contributed by atoms with Gasteiger partial charge in [-0.1, -0.05) is 32.0 Å². The molecule has 4 rings (SSSR count). The summed E-state index contributed by atoms with van der Waals surface area (Å²) in [4.78, 5) is 27.3.